The predicted octanol–water partition coefficient (Wildman–Crippen LogP) is 13.6. The molecule has 0 N–H and O–H groups in total. The Kier molecular flexibility index (Phi) is 7.79. The summed E-state index contributed by atoms with van der Waals surface area (Å²) in [5.74, 6) is 0.970. The van der Waals surface area contributed by atoms with Gasteiger partial charge < -0.3 is 13.7 Å². The number of nitriles is 2. The molecule has 0 radical (unpaired) electrons. The molecule has 11 aromatic rings. The van der Waals surface area contributed by atoms with Crippen molar-refractivity contribution < 1.29 is 8.83 Å². The molecular formula is C52H29N5O2. The van der Waals surface area contributed by atoms with Gasteiger partial charge in [-0.25, -0.2) is 9.97 Å². The number of para-hydroxylation sites is 2. The highest BCUT2D eigenvalue weighted by Gasteiger charge is 2.18. The number of benzene rings is 9. The zero-order valence-electron chi connectivity index (χ0n) is 31.3. The van der Waals surface area contributed by atoms with Crippen molar-refractivity contribution in [3.05, 3.63) is 187 Å². The molecule has 0 aliphatic carbocycles. The molecular weight excluding hydrogens is 727 g/mol. The molecule has 0 fully saturated rings. The molecule has 2 heterocycles. The fourth-order valence-electron chi connectivity index (χ4n) is 7.90. The molecule has 0 amide bonds. The van der Waals surface area contributed by atoms with Crippen LogP contribution in [0.2, 0.25) is 0 Å². The molecule has 59 heavy (non-hydrogen) atoms. The van der Waals surface area contributed by atoms with Crippen molar-refractivity contribution in [2.24, 2.45) is 0 Å². The van der Waals surface area contributed by atoms with Crippen LogP contribution in [0.3, 0.4) is 0 Å². The predicted molar refractivity (Wildman–Crippen MR) is 235 cm³/mol. The van der Waals surface area contributed by atoms with Gasteiger partial charge in [-0.2, -0.15) is 10.5 Å². The number of nitrogens with zero attached hydrogens (tertiary/aromatic N) is 5. The summed E-state index contributed by atoms with van der Waals surface area (Å²) in [5, 5.41) is 26.2. The average molecular weight is 756 g/mol. The van der Waals surface area contributed by atoms with Crippen LogP contribution in [0.25, 0.3) is 88.6 Å². The molecule has 0 aliphatic rings. The lowest BCUT2D eigenvalue weighted by Gasteiger charge is -2.26. The first-order valence-corrected chi connectivity index (χ1v) is 19.1. The number of hydrogen-bond donors (Lipinski definition) is 0. The molecule has 0 bridgehead atoms. The molecule has 274 valence electrons. The summed E-state index contributed by atoms with van der Waals surface area (Å²) >= 11 is 0. The third-order valence-corrected chi connectivity index (χ3v) is 10.9. The SMILES string of the molecule is N#Cc1cc2nc(-c3ccc(N(c4ccc(-c5nc6ccccc6o5)cc4)c4ccc5cc(-c6ccc7cc8ccccc8cc7c6)ccc5c4)cc3)oc2cc1C#N. The van der Waals surface area contributed by atoms with Crippen molar-refractivity contribution in [1.82, 2.24) is 9.97 Å². The second kappa shape index (κ2) is 13.6. The van der Waals surface area contributed by atoms with Crippen LogP contribution in [0.4, 0.5) is 17.1 Å². The molecule has 9 aromatic carbocycles. The molecule has 0 saturated carbocycles. The van der Waals surface area contributed by atoms with Crippen molar-refractivity contribution in [3.8, 4) is 46.2 Å². The summed E-state index contributed by atoms with van der Waals surface area (Å²) in [6, 6.07) is 64.2. The van der Waals surface area contributed by atoms with Crippen molar-refractivity contribution in [2.75, 3.05) is 4.90 Å². The van der Waals surface area contributed by atoms with Crippen LogP contribution >= 0.6 is 0 Å². The van der Waals surface area contributed by atoms with E-state index in [0.29, 0.717) is 22.9 Å². The summed E-state index contributed by atoms with van der Waals surface area (Å²) in [4.78, 5) is 11.6. The van der Waals surface area contributed by atoms with E-state index in [4.69, 9.17) is 13.8 Å². The van der Waals surface area contributed by atoms with E-state index in [1.807, 2.05) is 60.7 Å². The number of fused-ring (bicyclic) bond motifs is 5. The first-order chi connectivity index (χ1) is 29.1. The molecule has 0 saturated heterocycles. The number of anilines is 3. The summed E-state index contributed by atoms with van der Waals surface area (Å²) in [6.07, 6.45) is 0. The summed E-state index contributed by atoms with van der Waals surface area (Å²) < 4.78 is 12.2. The Morgan fingerprint density at radius 2 is 0.847 bits per heavy atom. The number of hydrogen-bond acceptors (Lipinski definition) is 7. The molecule has 0 atom stereocenters. The van der Waals surface area contributed by atoms with Crippen LogP contribution in [0.5, 0.6) is 0 Å². The monoisotopic (exact) mass is 755 g/mol. The lowest BCUT2D eigenvalue weighted by molar-refractivity contribution is 0.619. The van der Waals surface area contributed by atoms with Crippen LogP contribution < -0.4 is 4.90 Å². The summed E-state index contributed by atoms with van der Waals surface area (Å²) in [6.45, 7) is 0. The van der Waals surface area contributed by atoms with Crippen LogP contribution in [0, 0.1) is 22.7 Å². The quantitative estimate of drug-likeness (QED) is 0.156. The van der Waals surface area contributed by atoms with E-state index in [-0.39, 0.29) is 11.1 Å². The van der Waals surface area contributed by atoms with Crippen molar-refractivity contribution in [1.29, 1.82) is 10.5 Å². The number of rotatable bonds is 6. The van der Waals surface area contributed by atoms with E-state index < -0.39 is 0 Å². The third-order valence-electron chi connectivity index (χ3n) is 10.9. The molecule has 2 aromatic heterocycles. The fraction of sp³-hybridized carbons (Fsp3) is 0. The van der Waals surface area contributed by atoms with Crippen molar-refractivity contribution >= 4 is 71.6 Å². The van der Waals surface area contributed by atoms with Crippen LogP contribution in [0.1, 0.15) is 11.1 Å². The summed E-state index contributed by atoms with van der Waals surface area (Å²) in [5.41, 5.74) is 9.90. The van der Waals surface area contributed by atoms with Gasteiger partial charge in [-0.1, -0.05) is 66.7 Å². The van der Waals surface area contributed by atoms with Gasteiger partial charge in [0.15, 0.2) is 11.2 Å². The third kappa shape index (κ3) is 5.99. The first-order valence-electron chi connectivity index (χ1n) is 19.1. The highest BCUT2D eigenvalue weighted by molar-refractivity contribution is 6.00. The number of oxazole rings is 2. The van der Waals surface area contributed by atoms with Gasteiger partial charge in [0.1, 0.15) is 23.2 Å². The van der Waals surface area contributed by atoms with E-state index in [1.54, 1.807) is 12.1 Å². The highest BCUT2D eigenvalue weighted by Crippen LogP contribution is 2.39. The Labute approximate surface area is 337 Å². The molecule has 7 nitrogen and oxygen atoms in total. The summed E-state index contributed by atoms with van der Waals surface area (Å²) in [7, 11) is 0. The van der Waals surface area contributed by atoms with Gasteiger partial charge in [-0.05, 0) is 147 Å². The van der Waals surface area contributed by atoms with Crippen LogP contribution in [-0.4, -0.2) is 9.97 Å². The Morgan fingerprint density at radius 1 is 0.373 bits per heavy atom. The maximum Gasteiger partial charge on any atom is 0.227 e. The average Bonchev–Trinajstić information content (AvgIpc) is 3.92. The maximum absolute atomic E-state index is 9.51. The Morgan fingerprint density at radius 3 is 1.51 bits per heavy atom. The van der Waals surface area contributed by atoms with Gasteiger partial charge in [0, 0.05) is 34.3 Å². The molecule has 0 spiro atoms. The Hall–Kier alpha value is -8.52. The minimum absolute atomic E-state index is 0.255. The second-order valence-corrected chi connectivity index (χ2v) is 14.5. The van der Waals surface area contributed by atoms with E-state index in [2.05, 4.69) is 125 Å². The molecule has 0 unspecified atom stereocenters. The first kappa shape index (κ1) is 33.8. The lowest BCUT2D eigenvalue weighted by Crippen LogP contribution is -2.09. The van der Waals surface area contributed by atoms with Crippen molar-refractivity contribution in [2.45, 2.75) is 0 Å². The second-order valence-electron chi connectivity index (χ2n) is 14.5. The minimum Gasteiger partial charge on any atom is -0.436 e. The zero-order chi connectivity index (χ0) is 39.5. The fourth-order valence-corrected chi connectivity index (χ4v) is 7.90. The maximum atomic E-state index is 9.51. The van der Waals surface area contributed by atoms with Crippen LogP contribution in [-0.2, 0) is 0 Å². The van der Waals surface area contributed by atoms with E-state index in [1.165, 1.54) is 27.1 Å². The van der Waals surface area contributed by atoms with Crippen LogP contribution in [0.15, 0.2) is 185 Å². The van der Waals surface area contributed by atoms with Gasteiger partial charge >= 0.3 is 0 Å². The largest absolute Gasteiger partial charge is 0.436 e. The molecule has 11 rings (SSSR count). The number of aromatic nitrogens is 2. The smallest absolute Gasteiger partial charge is 0.227 e. The lowest BCUT2D eigenvalue weighted by atomic mass is 9.97. The Balaban J connectivity index is 0.966. The Bertz CT molecular complexity index is 3450. The zero-order valence-corrected chi connectivity index (χ0v) is 31.3. The topological polar surface area (TPSA) is 103 Å². The van der Waals surface area contributed by atoms with E-state index in [9.17, 15) is 10.5 Å². The molecule has 7 heteroatoms. The van der Waals surface area contributed by atoms with E-state index in [0.717, 1.165) is 55.6 Å². The normalized spacial score (nSPS) is 11.4. The standard InChI is InChI=1S/C52H29N5O2/c53-30-42-28-48-50(29-43(42)31-54)59-52(56-48)33-15-20-45(21-16-33)57(44-18-13-32(14-19-44)51-55-47-7-3-4-8-49(47)58-51)46-22-17-38-24-36(10-12-40(38)27-46)37-9-11-39-23-34-5-1-2-6-35(34)25-41(39)26-37/h1-29H. The highest BCUT2D eigenvalue weighted by atomic mass is 16.4. The van der Waals surface area contributed by atoms with Crippen molar-refractivity contribution in [3.63, 3.8) is 0 Å². The van der Waals surface area contributed by atoms with Gasteiger partial charge in [0.2, 0.25) is 11.8 Å². The van der Waals surface area contributed by atoms with Gasteiger partial charge in [0.25, 0.3) is 0 Å². The van der Waals surface area contributed by atoms with E-state index >= 15 is 0 Å². The molecule has 0 aliphatic heterocycles. The van der Waals surface area contributed by atoms with Gasteiger partial charge in [-0.3, -0.25) is 0 Å². The van der Waals surface area contributed by atoms with Gasteiger partial charge in [-0.15, -0.1) is 0 Å². The minimum atomic E-state index is 0.255. The van der Waals surface area contributed by atoms with Gasteiger partial charge in [0.05, 0.1) is 11.1 Å².